The number of nitrogens with one attached hydrogen (secondary N) is 1. The van der Waals surface area contributed by atoms with E-state index in [2.05, 4.69) is 15.3 Å². The Bertz CT molecular complexity index is 1100. The van der Waals surface area contributed by atoms with E-state index in [9.17, 15) is 9.18 Å². The molecule has 0 aliphatic rings. The third kappa shape index (κ3) is 3.34. The number of hydrogen-bond acceptors (Lipinski definition) is 4. The van der Waals surface area contributed by atoms with Crippen molar-refractivity contribution in [1.29, 1.82) is 0 Å². The number of hydrogen-bond donors (Lipinski definition) is 1. The van der Waals surface area contributed by atoms with E-state index in [0.717, 1.165) is 16.1 Å². The molecule has 0 unspecified atom stereocenters. The summed E-state index contributed by atoms with van der Waals surface area (Å²) in [6.45, 7) is 1.97. The zero-order valence-electron chi connectivity index (χ0n) is 13.9. The summed E-state index contributed by atoms with van der Waals surface area (Å²) in [7, 11) is 0. The minimum absolute atomic E-state index is 0.244. The Morgan fingerprint density at radius 1 is 1.31 bits per heavy atom. The second kappa shape index (κ2) is 6.68. The van der Waals surface area contributed by atoms with Crippen LogP contribution in [0.15, 0.2) is 55.0 Å². The van der Waals surface area contributed by atoms with Crippen LogP contribution in [-0.2, 0) is 6.42 Å². The number of aromatic nitrogens is 3. The first-order chi connectivity index (χ1) is 12.6. The van der Waals surface area contributed by atoms with Gasteiger partial charge in [-0.05, 0) is 36.2 Å². The van der Waals surface area contributed by atoms with E-state index in [-0.39, 0.29) is 11.7 Å². The zero-order valence-corrected chi connectivity index (χ0v) is 14.8. The minimum Gasteiger partial charge on any atom is -0.306 e. The van der Waals surface area contributed by atoms with Crippen LogP contribution in [0.1, 0.15) is 26.5 Å². The van der Waals surface area contributed by atoms with Crippen LogP contribution in [-0.4, -0.2) is 20.3 Å². The summed E-state index contributed by atoms with van der Waals surface area (Å²) in [5.74, 6) is -0.565. The molecule has 130 valence electrons. The molecule has 0 saturated carbocycles. The fraction of sp³-hybridized carbons (Fsp3) is 0.105. The van der Waals surface area contributed by atoms with Gasteiger partial charge >= 0.3 is 0 Å². The van der Waals surface area contributed by atoms with Gasteiger partial charge in [0.1, 0.15) is 17.2 Å². The number of halogens is 1. The van der Waals surface area contributed by atoms with Gasteiger partial charge in [-0.25, -0.2) is 14.4 Å². The monoisotopic (exact) mass is 366 g/mol. The molecule has 0 spiro atoms. The summed E-state index contributed by atoms with van der Waals surface area (Å²) in [6.07, 6.45) is 5.63. The van der Waals surface area contributed by atoms with Gasteiger partial charge in [-0.1, -0.05) is 18.2 Å². The fourth-order valence-electron chi connectivity index (χ4n) is 2.63. The standard InChI is InChI=1S/C19H15FN4OS/c1-12-6-7-24-11-16(22-17(24)8-12)18(25)23-19-21-10-14(26-19)9-13-4-2-3-5-15(13)20/h2-8,10-11H,9H2,1H3,(H,21,23,25). The number of nitrogens with zero attached hydrogens (tertiary/aromatic N) is 3. The molecule has 0 saturated heterocycles. The highest BCUT2D eigenvalue weighted by atomic mass is 32.1. The topological polar surface area (TPSA) is 59.3 Å². The molecule has 0 fully saturated rings. The lowest BCUT2D eigenvalue weighted by Crippen LogP contribution is -2.11. The van der Waals surface area contributed by atoms with Crippen LogP contribution in [0.4, 0.5) is 9.52 Å². The molecule has 0 radical (unpaired) electrons. The summed E-state index contributed by atoms with van der Waals surface area (Å²) in [6, 6.07) is 10.5. The molecule has 4 aromatic rings. The smallest absolute Gasteiger partial charge is 0.277 e. The molecule has 0 aliphatic carbocycles. The van der Waals surface area contributed by atoms with E-state index in [1.54, 1.807) is 35.0 Å². The zero-order chi connectivity index (χ0) is 18.1. The molecule has 0 aliphatic heterocycles. The van der Waals surface area contributed by atoms with Gasteiger partial charge in [0.2, 0.25) is 0 Å². The lowest BCUT2D eigenvalue weighted by atomic mass is 10.1. The lowest BCUT2D eigenvalue weighted by Gasteiger charge is -1.99. The average Bonchev–Trinajstić information content (AvgIpc) is 3.23. The maximum atomic E-state index is 13.7. The Morgan fingerprint density at radius 2 is 2.15 bits per heavy atom. The van der Waals surface area contributed by atoms with E-state index in [1.807, 2.05) is 25.3 Å². The Hall–Kier alpha value is -3.06. The molecule has 1 amide bonds. The molecule has 0 bridgehead atoms. The third-order valence-electron chi connectivity index (χ3n) is 3.94. The summed E-state index contributed by atoms with van der Waals surface area (Å²) in [5, 5.41) is 3.22. The van der Waals surface area contributed by atoms with Gasteiger partial charge in [0.15, 0.2) is 5.13 Å². The van der Waals surface area contributed by atoms with Crippen LogP contribution in [0, 0.1) is 12.7 Å². The number of imidazole rings is 1. The fourth-order valence-corrected chi connectivity index (χ4v) is 3.46. The van der Waals surface area contributed by atoms with Gasteiger partial charge in [0, 0.05) is 29.9 Å². The number of aryl methyl sites for hydroxylation is 1. The van der Waals surface area contributed by atoms with Gasteiger partial charge in [-0.15, -0.1) is 11.3 Å². The van der Waals surface area contributed by atoms with Crippen molar-refractivity contribution in [3.63, 3.8) is 0 Å². The van der Waals surface area contributed by atoms with Crippen LogP contribution >= 0.6 is 11.3 Å². The van der Waals surface area contributed by atoms with Crippen molar-refractivity contribution < 1.29 is 9.18 Å². The molecule has 3 heterocycles. The second-order valence-electron chi connectivity index (χ2n) is 5.95. The number of anilines is 1. The van der Waals surface area contributed by atoms with Gasteiger partial charge in [0.05, 0.1) is 0 Å². The Balaban J connectivity index is 1.49. The minimum atomic E-state index is -0.321. The van der Waals surface area contributed by atoms with Crippen molar-refractivity contribution in [3.05, 3.63) is 82.5 Å². The summed E-state index contributed by atoms with van der Waals surface area (Å²) in [5.41, 5.74) is 2.72. The predicted octanol–water partition coefficient (Wildman–Crippen LogP) is 4.08. The molecule has 26 heavy (non-hydrogen) atoms. The highest BCUT2D eigenvalue weighted by molar-refractivity contribution is 7.15. The first kappa shape index (κ1) is 16.4. The number of rotatable bonds is 4. The van der Waals surface area contributed by atoms with Gasteiger partial charge in [0.25, 0.3) is 5.91 Å². The largest absolute Gasteiger partial charge is 0.306 e. The first-order valence-corrected chi connectivity index (χ1v) is 8.85. The third-order valence-corrected chi connectivity index (χ3v) is 4.86. The van der Waals surface area contributed by atoms with Crippen molar-refractivity contribution in [3.8, 4) is 0 Å². The molecule has 3 aromatic heterocycles. The molecule has 5 nitrogen and oxygen atoms in total. The average molecular weight is 366 g/mol. The highest BCUT2D eigenvalue weighted by Gasteiger charge is 2.14. The van der Waals surface area contributed by atoms with Crippen molar-refractivity contribution in [2.45, 2.75) is 13.3 Å². The van der Waals surface area contributed by atoms with E-state index >= 15 is 0 Å². The van der Waals surface area contributed by atoms with Gasteiger partial charge < -0.3 is 4.40 Å². The number of pyridine rings is 1. The Kier molecular flexibility index (Phi) is 4.22. The predicted molar refractivity (Wildman–Crippen MR) is 99.2 cm³/mol. The molecule has 1 aromatic carbocycles. The number of benzene rings is 1. The quantitative estimate of drug-likeness (QED) is 0.592. The van der Waals surface area contributed by atoms with Crippen molar-refractivity contribution in [2.24, 2.45) is 0 Å². The van der Waals surface area contributed by atoms with E-state index in [4.69, 9.17) is 0 Å². The number of thiazole rings is 1. The highest BCUT2D eigenvalue weighted by Crippen LogP contribution is 2.23. The summed E-state index contributed by atoms with van der Waals surface area (Å²) < 4.78 is 15.5. The number of carbonyl (C=O) groups is 1. The summed E-state index contributed by atoms with van der Waals surface area (Å²) in [4.78, 5) is 21.8. The van der Waals surface area contributed by atoms with E-state index < -0.39 is 0 Å². The molecular weight excluding hydrogens is 351 g/mol. The SMILES string of the molecule is Cc1ccn2cc(C(=O)Nc3ncc(Cc4ccccc4F)s3)nc2c1. The number of amides is 1. The van der Waals surface area contributed by atoms with Crippen LogP contribution in [0.2, 0.25) is 0 Å². The Labute approximate surface area is 153 Å². The van der Waals surface area contributed by atoms with Crippen LogP contribution in [0.25, 0.3) is 5.65 Å². The first-order valence-electron chi connectivity index (χ1n) is 8.03. The Morgan fingerprint density at radius 3 is 3.00 bits per heavy atom. The lowest BCUT2D eigenvalue weighted by molar-refractivity contribution is 0.102. The van der Waals surface area contributed by atoms with Crippen LogP contribution in [0.3, 0.4) is 0 Å². The molecule has 7 heteroatoms. The van der Waals surface area contributed by atoms with Crippen molar-refractivity contribution in [1.82, 2.24) is 14.4 Å². The molecule has 0 atom stereocenters. The normalized spacial score (nSPS) is 11.0. The van der Waals surface area contributed by atoms with Crippen LogP contribution < -0.4 is 5.32 Å². The van der Waals surface area contributed by atoms with Gasteiger partial charge in [-0.3, -0.25) is 10.1 Å². The molecule has 1 N–H and O–H groups in total. The molecule has 4 rings (SSSR count). The summed E-state index contributed by atoms with van der Waals surface area (Å²) >= 11 is 1.32. The van der Waals surface area contributed by atoms with Crippen molar-refractivity contribution >= 4 is 28.0 Å². The number of fused-ring (bicyclic) bond motifs is 1. The van der Waals surface area contributed by atoms with E-state index in [1.165, 1.54) is 17.4 Å². The van der Waals surface area contributed by atoms with E-state index in [0.29, 0.717) is 22.8 Å². The van der Waals surface area contributed by atoms with Crippen LogP contribution in [0.5, 0.6) is 0 Å². The molecular formula is C19H15FN4OS. The number of carbonyl (C=O) groups excluding carboxylic acids is 1. The second-order valence-corrected chi connectivity index (χ2v) is 7.06. The maximum Gasteiger partial charge on any atom is 0.277 e. The van der Waals surface area contributed by atoms with Crippen molar-refractivity contribution in [2.75, 3.05) is 5.32 Å². The van der Waals surface area contributed by atoms with Gasteiger partial charge in [-0.2, -0.15) is 0 Å². The maximum absolute atomic E-state index is 13.7.